The third kappa shape index (κ3) is 4.09. The topological polar surface area (TPSA) is 35.5 Å². The molecule has 3 heteroatoms. The molecule has 14 heavy (non-hydrogen) atoms. The van der Waals surface area contributed by atoms with Crippen LogP contribution in [0.2, 0.25) is 0 Å². The zero-order chi connectivity index (χ0) is 10.4. The van der Waals surface area contributed by atoms with E-state index in [1.54, 1.807) is 0 Å². The van der Waals surface area contributed by atoms with E-state index in [-0.39, 0.29) is 12.1 Å². The zero-order valence-electron chi connectivity index (χ0n) is 9.12. The highest BCUT2D eigenvalue weighted by Gasteiger charge is 2.19. The van der Waals surface area contributed by atoms with Gasteiger partial charge in [0, 0.05) is 0 Å². The molecule has 0 aromatic rings. The zero-order valence-corrected chi connectivity index (χ0v) is 9.12. The minimum atomic E-state index is -0.155. The molecule has 0 aromatic heterocycles. The molecule has 0 aromatic carbocycles. The maximum absolute atomic E-state index is 11.1. The van der Waals surface area contributed by atoms with Crippen LogP contribution in [0.5, 0.6) is 0 Å². The number of carbonyl (C=O) groups excluding carboxylic acids is 1. The van der Waals surface area contributed by atoms with E-state index in [4.69, 9.17) is 9.47 Å². The van der Waals surface area contributed by atoms with Crippen molar-refractivity contribution in [3.63, 3.8) is 0 Å². The van der Waals surface area contributed by atoms with Crippen molar-refractivity contribution in [1.82, 2.24) is 0 Å². The predicted octanol–water partition coefficient (Wildman–Crippen LogP) is 2.29. The van der Waals surface area contributed by atoms with Crippen LogP contribution in [0.1, 0.15) is 46.0 Å². The highest BCUT2D eigenvalue weighted by atomic mass is 16.5. The van der Waals surface area contributed by atoms with E-state index in [0.29, 0.717) is 19.1 Å². The molecule has 0 aliphatic heterocycles. The largest absolute Gasteiger partial charge is 0.466 e. The average Bonchev–Trinajstić information content (AvgIpc) is 2.56. The Balaban J connectivity index is 2.14. The molecule has 0 spiro atoms. The average molecular weight is 200 g/mol. The standard InChI is InChI=1S/C11H20O3/c1-3-13-11(12)8-9(2)14-10-6-4-5-7-10/h9-10H,3-8H2,1-2H3. The van der Waals surface area contributed by atoms with Gasteiger partial charge in [0.2, 0.25) is 0 Å². The summed E-state index contributed by atoms with van der Waals surface area (Å²) in [5.41, 5.74) is 0. The van der Waals surface area contributed by atoms with Crippen molar-refractivity contribution in [2.45, 2.75) is 58.2 Å². The molecular weight excluding hydrogens is 180 g/mol. The molecule has 3 nitrogen and oxygen atoms in total. The molecule has 1 aliphatic carbocycles. The quantitative estimate of drug-likeness (QED) is 0.639. The summed E-state index contributed by atoms with van der Waals surface area (Å²) in [7, 11) is 0. The van der Waals surface area contributed by atoms with Crippen LogP contribution < -0.4 is 0 Å². The summed E-state index contributed by atoms with van der Waals surface area (Å²) in [4.78, 5) is 11.1. The molecule has 82 valence electrons. The van der Waals surface area contributed by atoms with Crippen molar-refractivity contribution in [3.05, 3.63) is 0 Å². The van der Waals surface area contributed by atoms with Gasteiger partial charge in [0.25, 0.3) is 0 Å². The third-order valence-electron chi connectivity index (χ3n) is 2.49. The second-order valence-corrected chi connectivity index (χ2v) is 3.86. The molecule has 0 bridgehead atoms. The van der Waals surface area contributed by atoms with Crippen molar-refractivity contribution in [3.8, 4) is 0 Å². The van der Waals surface area contributed by atoms with Crippen LogP contribution in [-0.2, 0) is 14.3 Å². The Morgan fingerprint density at radius 1 is 1.43 bits per heavy atom. The van der Waals surface area contributed by atoms with E-state index >= 15 is 0 Å². The summed E-state index contributed by atoms with van der Waals surface area (Å²) in [6, 6.07) is 0. The molecule has 1 rings (SSSR count). The first-order valence-corrected chi connectivity index (χ1v) is 5.53. The van der Waals surface area contributed by atoms with Crippen molar-refractivity contribution in [2.24, 2.45) is 0 Å². The van der Waals surface area contributed by atoms with Gasteiger partial charge in [-0.3, -0.25) is 4.79 Å². The Labute approximate surface area is 85.8 Å². The van der Waals surface area contributed by atoms with Crippen LogP contribution in [0.4, 0.5) is 0 Å². The smallest absolute Gasteiger partial charge is 0.308 e. The molecule has 1 aliphatic rings. The van der Waals surface area contributed by atoms with Gasteiger partial charge in [-0.2, -0.15) is 0 Å². The number of esters is 1. The van der Waals surface area contributed by atoms with E-state index in [2.05, 4.69) is 0 Å². The lowest BCUT2D eigenvalue weighted by molar-refractivity contribution is -0.146. The second kappa shape index (κ2) is 6.02. The highest BCUT2D eigenvalue weighted by molar-refractivity contribution is 5.69. The van der Waals surface area contributed by atoms with Crippen molar-refractivity contribution in [1.29, 1.82) is 0 Å². The number of ether oxygens (including phenoxy) is 2. The van der Waals surface area contributed by atoms with E-state index in [1.165, 1.54) is 12.8 Å². The van der Waals surface area contributed by atoms with Gasteiger partial charge >= 0.3 is 5.97 Å². The van der Waals surface area contributed by atoms with Gasteiger partial charge in [0.05, 0.1) is 25.2 Å². The molecule has 0 radical (unpaired) electrons. The van der Waals surface area contributed by atoms with E-state index in [0.717, 1.165) is 12.8 Å². The van der Waals surface area contributed by atoms with Crippen LogP contribution in [0.15, 0.2) is 0 Å². The van der Waals surface area contributed by atoms with Gasteiger partial charge in [0.1, 0.15) is 0 Å². The molecule has 1 unspecified atom stereocenters. The van der Waals surface area contributed by atoms with Crippen LogP contribution in [-0.4, -0.2) is 24.8 Å². The Morgan fingerprint density at radius 2 is 2.07 bits per heavy atom. The van der Waals surface area contributed by atoms with E-state index in [9.17, 15) is 4.79 Å². The molecule has 0 N–H and O–H groups in total. The summed E-state index contributed by atoms with van der Waals surface area (Å²) < 4.78 is 10.6. The van der Waals surface area contributed by atoms with Gasteiger partial charge in [-0.1, -0.05) is 12.8 Å². The first-order chi connectivity index (χ1) is 6.72. The Hall–Kier alpha value is -0.570. The monoisotopic (exact) mass is 200 g/mol. The fourth-order valence-electron chi connectivity index (χ4n) is 1.86. The van der Waals surface area contributed by atoms with E-state index < -0.39 is 0 Å². The summed E-state index contributed by atoms with van der Waals surface area (Å²) in [6.07, 6.45) is 5.56. The van der Waals surface area contributed by atoms with Crippen LogP contribution in [0, 0.1) is 0 Å². The number of rotatable bonds is 5. The summed E-state index contributed by atoms with van der Waals surface area (Å²) >= 11 is 0. The van der Waals surface area contributed by atoms with Crippen LogP contribution >= 0.6 is 0 Å². The molecule has 1 saturated carbocycles. The van der Waals surface area contributed by atoms with Gasteiger partial charge in [-0.05, 0) is 26.7 Å². The highest BCUT2D eigenvalue weighted by Crippen LogP contribution is 2.22. The van der Waals surface area contributed by atoms with Gasteiger partial charge in [-0.15, -0.1) is 0 Å². The number of carbonyl (C=O) groups is 1. The SMILES string of the molecule is CCOC(=O)CC(C)OC1CCCC1. The molecule has 1 fully saturated rings. The van der Waals surface area contributed by atoms with Crippen molar-refractivity contribution >= 4 is 5.97 Å². The summed E-state index contributed by atoms with van der Waals surface area (Å²) in [5, 5.41) is 0. The molecule has 0 amide bonds. The van der Waals surface area contributed by atoms with Gasteiger partial charge < -0.3 is 9.47 Å². The molecular formula is C11H20O3. The van der Waals surface area contributed by atoms with Crippen molar-refractivity contribution < 1.29 is 14.3 Å². The van der Waals surface area contributed by atoms with Crippen molar-refractivity contribution in [2.75, 3.05) is 6.61 Å². The minimum Gasteiger partial charge on any atom is -0.466 e. The fourth-order valence-corrected chi connectivity index (χ4v) is 1.86. The lowest BCUT2D eigenvalue weighted by atomic mass is 10.2. The first-order valence-electron chi connectivity index (χ1n) is 5.53. The fraction of sp³-hybridized carbons (Fsp3) is 0.909. The normalized spacial score (nSPS) is 19.6. The van der Waals surface area contributed by atoms with Gasteiger partial charge in [-0.25, -0.2) is 0 Å². The minimum absolute atomic E-state index is 0.00264. The molecule has 0 heterocycles. The summed E-state index contributed by atoms with van der Waals surface area (Å²) in [6.45, 7) is 4.21. The van der Waals surface area contributed by atoms with Crippen LogP contribution in [0.25, 0.3) is 0 Å². The second-order valence-electron chi connectivity index (χ2n) is 3.86. The maximum atomic E-state index is 11.1. The lowest BCUT2D eigenvalue weighted by Crippen LogP contribution is -2.21. The Morgan fingerprint density at radius 3 is 2.64 bits per heavy atom. The number of hydrogen-bond donors (Lipinski definition) is 0. The number of hydrogen-bond acceptors (Lipinski definition) is 3. The van der Waals surface area contributed by atoms with Gasteiger partial charge in [0.15, 0.2) is 0 Å². The molecule has 0 saturated heterocycles. The molecule has 1 atom stereocenters. The lowest BCUT2D eigenvalue weighted by Gasteiger charge is -2.17. The maximum Gasteiger partial charge on any atom is 0.308 e. The third-order valence-corrected chi connectivity index (χ3v) is 2.49. The van der Waals surface area contributed by atoms with Crippen LogP contribution in [0.3, 0.4) is 0 Å². The van der Waals surface area contributed by atoms with E-state index in [1.807, 2.05) is 13.8 Å². The predicted molar refractivity (Wildman–Crippen MR) is 54.1 cm³/mol. The first kappa shape index (κ1) is 11.5. The Bertz CT molecular complexity index is 173. The summed E-state index contributed by atoms with van der Waals surface area (Å²) in [5.74, 6) is -0.155. The Kier molecular flexibility index (Phi) is 4.94.